The molecule has 25 heavy (non-hydrogen) atoms. The first-order valence-corrected chi connectivity index (χ1v) is 8.02. The summed E-state index contributed by atoms with van der Waals surface area (Å²) >= 11 is 0. The minimum atomic E-state index is -0.151. The summed E-state index contributed by atoms with van der Waals surface area (Å²) in [7, 11) is 1.57. The van der Waals surface area contributed by atoms with Gasteiger partial charge in [0.1, 0.15) is 17.2 Å². The summed E-state index contributed by atoms with van der Waals surface area (Å²) < 4.78 is 10.5. The number of rotatable bonds is 7. The molecule has 0 aliphatic heterocycles. The quantitative estimate of drug-likeness (QED) is 0.446. The molecule has 0 aliphatic carbocycles. The van der Waals surface area contributed by atoms with Gasteiger partial charge in [0.25, 0.3) is 0 Å². The Morgan fingerprint density at radius 1 is 1.08 bits per heavy atom. The third-order valence-corrected chi connectivity index (χ3v) is 3.46. The van der Waals surface area contributed by atoms with Gasteiger partial charge in [-0.3, -0.25) is 4.79 Å². The minimum absolute atomic E-state index is 0.0502. The van der Waals surface area contributed by atoms with E-state index >= 15 is 0 Å². The number of aromatic hydroxyl groups is 1. The van der Waals surface area contributed by atoms with Crippen molar-refractivity contribution in [2.24, 2.45) is 5.92 Å². The second-order valence-corrected chi connectivity index (χ2v) is 5.84. The van der Waals surface area contributed by atoms with Gasteiger partial charge in [0.05, 0.1) is 13.4 Å². The molecule has 130 valence electrons. The molecule has 2 rings (SSSR count). The van der Waals surface area contributed by atoms with E-state index in [1.165, 1.54) is 12.1 Å². The second-order valence-electron chi connectivity index (χ2n) is 5.84. The average Bonchev–Trinajstić information content (AvgIpc) is 2.60. The summed E-state index contributed by atoms with van der Waals surface area (Å²) in [6.45, 7) is 4.09. The highest BCUT2D eigenvalue weighted by Crippen LogP contribution is 2.25. The average molecular weight is 338 g/mol. The monoisotopic (exact) mass is 338 g/mol. The molecule has 2 aromatic rings. The van der Waals surface area contributed by atoms with E-state index in [0.29, 0.717) is 28.5 Å². The molecule has 0 heterocycles. The maximum absolute atomic E-state index is 12.2. The number of ketones is 1. The summed E-state index contributed by atoms with van der Waals surface area (Å²) in [5.74, 6) is 1.52. The van der Waals surface area contributed by atoms with Gasteiger partial charge >= 0.3 is 0 Å². The molecule has 1 N–H and O–H groups in total. The van der Waals surface area contributed by atoms with Crippen LogP contribution in [0.3, 0.4) is 0 Å². The normalized spacial score (nSPS) is 11.4. The molecule has 0 aromatic heterocycles. The zero-order valence-corrected chi connectivity index (χ0v) is 14.6. The zero-order valence-electron chi connectivity index (χ0n) is 14.6. The summed E-state index contributed by atoms with van der Waals surface area (Å²) in [5, 5.41) is 10.1. The van der Waals surface area contributed by atoms with Crippen molar-refractivity contribution < 1.29 is 19.4 Å². The number of phenols is 1. The van der Waals surface area contributed by atoms with Crippen LogP contribution in [0.5, 0.6) is 17.2 Å². The Kier molecular flexibility index (Phi) is 6.40. The first-order valence-electron chi connectivity index (χ1n) is 8.02. The van der Waals surface area contributed by atoms with Gasteiger partial charge in [0, 0.05) is 17.2 Å². The molecule has 4 nitrogen and oxygen atoms in total. The van der Waals surface area contributed by atoms with Crippen molar-refractivity contribution in [3.05, 3.63) is 72.0 Å². The second kappa shape index (κ2) is 8.73. The summed E-state index contributed by atoms with van der Waals surface area (Å²) in [4.78, 5) is 12.2. The molecule has 0 aliphatic rings. The number of hydrogen-bond donors (Lipinski definition) is 1. The van der Waals surface area contributed by atoms with E-state index in [-0.39, 0.29) is 11.5 Å². The molecule has 0 unspecified atom stereocenters. The number of phenolic OH excluding ortho intramolecular Hbond substituents is 1. The van der Waals surface area contributed by atoms with Crippen molar-refractivity contribution in [3.63, 3.8) is 0 Å². The molecule has 0 spiro atoms. The third kappa shape index (κ3) is 5.53. The molecule has 4 heteroatoms. The van der Waals surface area contributed by atoms with Crippen LogP contribution in [0.1, 0.15) is 29.8 Å². The Labute approximate surface area is 148 Å². The Hall–Kier alpha value is -3.01. The lowest BCUT2D eigenvalue weighted by molar-refractivity contribution is 0.104. The van der Waals surface area contributed by atoms with Gasteiger partial charge < -0.3 is 14.6 Å². The SMILES string of the molecule is COc1ccc(C(=O)C=Cc2ccc(OC=CC(C)C)cc2O)cc1. The number of ether oxygens (including phenoxy) is 2. The smallest absolute Gasteiger partial charge is 0.185 e. The van der Waals surface area contributed by atoms with Crippen molar-refractivity contribution in [3.8, 4) is 17.2 Å². The van der Waals surface area contributed by atoms with Crippen molar-refractivity contribution in [2.45, 2.75) is 13.8 Å². The van der Waals surface area contributed by atoms with E-state index in [4.69, 9.17) is 9.47 Å². The van der Waals surface area contributed by atoms with Gasteiger partial charge in [-0.25, -0.2) is 0 Å². The third-order valence-electron chi connectivity index (χ3n) is 3.46. The first-order chi connectivity index (χ1) is 12.0. The van der Waals surface area contributed by atoms with E-state index in [1.54, 1.807) is 55.8 Å². The van der Waals surface area contributed by atoms with E-state index in [2.05, 4.69) is 0 Å². The summed E-state index contributed by atoms with van der Waals surface area (Å²) in [6, 6.07) is 11.8. The van der Waals surface area contributed by atoms with Gasteiger partial charge in [-0.15, -0.1) is 0 Å². The van der Waals surface area contributed by atoms with Gasteiger partial charge in [0.15, 0.2) is 5.78 Å². The van der Waals surface area contributed by atoms with Crippen LogP contribution >= 0.6 is 0 Å². The molecule has 2 aromatic carbocycles. The number of allylic oxidation sites excluding steroid dienone is 2. The highest BCUT2D eigenvalue weighted by Gasteiger charge is 2.04. The van der Waals surface area contributed by atoms with Crippen LogP contribution in [-0.4, -0.2) is 18.0 Å². The maximum Gasteiger partial charge on any atom is 0.185 e. The Balaban J connectivity index is 2.05. The number of hydrogen-bond acceptors (Lipinski definition) is 4. The number of benzene rings is 2. The van der Waals surface area contributed by atoms with Crippen LogP contribution in [0.4, 0.5) is 0 Å². The Morgan fingerprint density at radius 3 is 2.36 bits per heavy atom. The molecule has 0 fully saturated rings. The largest absolute Gasteiger partial charge is 0.507 e. The van der Waals surface area contributed by atoms with Crippen LogP contribution in [0.2, 0.25) is 0 Å². The molecule has 0 amide bonds. The minimum Gasteiger partial charge on any atom is -0.507 e. The molecule has 0 bridgehead atoms. The predicted octanol–water partition coefficient (Wildman–Crippen LogP) is 4.85. The summed E-state index contributed by atoms with van der Waals surface area (Å²) in [5.41, 5.74) is 1.09. The Bertz CT molecular complexity index is 771. The topological polar surface area (TPSA) is 55.8 Å². The standard InChI is InChI=1S/C21H22O4/c1-15(2)12-13-25-19-10-6-17(21(23)14-19)7-11-20(22)16-4-8-18(24-3)9-5-16/h4-15,23H,1-3H3. The van der Waals surface area contributed by atoms with Gasteiger partial charge in [-0.1, -0.05) is 13.8 Å². The summed E-state index contributed by atoms with van der Waals surface area (Å²) in [6.07, 6.45) is 6.52. The van der Waals surface area contributed by atoms with E-state index in [0.717, 1.165) is 0 Å². The fourth-order valence-electron chi connectivity index (χ4n) is 2.03. The van der Waals surface area contributed by atoms with Crippen LogP contribution in [0.25, 0.3) is 6.08 Å². The van der Waals surface area contributed by atoms with Crippen LogP contribution in [0.15, 0.2) is 60.9 Å². The van der Waals surface area contributed by atoms with Crippen molar-refractivity contribution >= 4 is 11.9 Å². The number of carbonyl (C=O) groups excluding carboxylic acids is 1. The fraction of sp³-hybridized carbons (Fsp3) is 0.190. The molecular formula is C21H22O4. The lowest BCUT2D eigenvalue weighted by atomic mass is 10.1. The van der Waals surface area contributed by atoms with Crippen molar-refractivity contribution in [1.82, 2.24) is 0 Å². The fourth-order valence-corrected chi connectivity index (χ4v) is 2.03. The van der Waals surface area contributed by atoms with Crippen molar-refractivity contribution in [1.29, 1.82) is 0 Å². The molecule has 0 saturated heterocycles. The van der Waals surface area contributed by atoms with Crippen LogP contribution in [0, 0.1) is 5.92 Å². The predicted molar refractivity (Wildman–Crippen MR) is 99.1 cm³/mol. The highest BCUT2D eigenvalue weighted by molar-refractivity contribution is 6.07. The lowest BCUT2D eigenvalue weighted by Crippen LogP contribution is -1.94. The molecular weight excluding hydrogens is 316 g/mol. The van der Waals surface area contributed by atoms with E-state index in [1.807, 2.05) is 19.9 Å². The van der Waals surface area contributed by atoms with Crippen LogP contribution < -0.4 is 9.47 Å². The maximum atomic E-state index is 12.2. The van der Waals surface area contributed by atoms with E-state index in [9.17, 15) is 9.90 Å². The van der Waals surface area contributed by atoms with Gasteiger partial charge in [-0.2, -0.15) is 0 Å². The van der Waals surface area contributed by atoms with Gasteiger partial charge in [-0.05, 0) is 60.5 Å². The number of methoxy groups -OCH3 is 1. The zero-order chi connectivity index (χ0) is 18.2. The van der Waals surface area contributed by atoms with Gasteiger partial charge in [0.2, 0.25) is 0 Å². The molecule has 0 saturated carbocycles. The molecule has 0 radical (unpaired) electrons. The molecule has 0 atom stereocenters. The van der Waals surface area contributed by atoms with Crippen LogP contribution in [-0.2, 0) is 0 Å². The van der Waals surface area contributed by atoms with E-state index < -0.39 is 0 Å². The Morgan fingerprint density at radius 2 is 1.76 bits per heavy atom. The lowest BCUT2D eigenvalue weighted by Gasteiger charge is -2.04. The van der Waals surface area contributed by atoms with Crippen molar-refractivity contribution in [2.75, 3.05) is 7.11 Å². The first kappa shape index (κ1) is 18.3. The highest BCUT2D eigenvalue weighted by atomic mass is 16.5. The number of carbonyl (C=O) groups is 1.